The molecule has 3 N–H and O–H groups in total. The Morgan fingerprint density at radius 1 is 1.35 bits per heavy atom. The number of nitrogens with one attached hydrogen (secondary N) is 1. The molecule has 5 nitrogen and oxygen atoms in total. The smallest absolute Gasteiger partial charge is 0.276 e. The Hall–Kier alpha value is -1.83. The molecule has 3 rings (SSSR count). The second kappa shape index (κ2) is 7.16. The van der Waals surface area contributed by atoms with Crippen LogP contribution in [0.2, 0.25) is 0 Å². The van der Waals surface area contributed by atoms with Gasteiger partial charge in [-0.2, -0.15) is 0 Å². The van der Waals surface area contributed by atoms with Gasteiger partial charge >= 0.3 is 0 Å². The number of thiazole rings is 2. The number of carbonyl (C=O) groups is 1. The lowest BCUT2D eigenvalue weighted by Crippen LogP contribution is -2.12. The van der Waals surface area contributed by atoms with Crippen molar-refractivity contribution in [3.8, 4) is 0 Å². The van der Waals surface area contributed by atoms with Gasteiger partial charge in [0.25, 0.3) is 5.91 Å². The summed E-state index contributed by atoms with van der Waals surface area (Å²) < 4.78 is 1.09. The second-order valence-electron chi connectivity index (χ2n) is 5.21. The third-order valence-corrected chi connectivity index (χ3v) is 5.26. The number of benzene rings is 1. The average Bonchev–Trinajstić information content (AvgIpc) is 3.18. The number of carbonyl (C=O) groups excluding carboxylic acids is 1. The Kier molecular flexibility index (Phi) is 5.00. The van der Waals surface area contributed by atoms with Crippen molar-refractivity contribution in [1.82, 2.24) is 9.97 Å². The van der Waals surface area contributed by atoms with Crippen molar-refractivity contribution >= 4 is 43.9 Å². The molecule has 0 radical (unpaired) electrons. The SMILES string of the molecule is CCCCc1ccc2nc(NC(=O)c3csc(CN)n3)sc2c1. The lowest BCUT2D eigenvalue weighted by Gasteiger charge is -1.98. The van der Waals surface area contributed by atoms with E-state index < -0.39 is 0 Å². The molecule has 0 aliphatic heterocycles. The standard InChI is InChI=1S/C16H18N4OS2/c1-2-3-4-10-5-6-11-13(7-10)23-16(19-11)20-15(21)12-9-22-14(8-17)18-12/h5-7,9H,2-4,8,17H2,1H3,(H,19,20,21). The first-order chi connectivity index (χ1) is 11.2. The first-order valence-corrected chi connectivity index (χ1v) is 9.24. The Labute approximate surface area is 142 Å². The monoisotopic (exact) mass is 346 g/mol. The molecular weight excluding hydrogens is 328 g/mol. The van der Waals surface area contributed by atoms with E-state index in [9.17, 15) is 4.79 Å². The summed E-state index contributed by atoms with van der Waals surface area (Å²) >= 11 is 2.88. The molecule has 2 aromatic heterocycles. The minimum atomic E-state index is -0.244. The number of aryl methyl sites for hydroxylation is 1. The third-order valence-electron chi connectivity index (χ3n) is 3.45. The van der Waals surface area contributed by atoms with E-state index in [4.69, 9.17) is 5.73 Å². The number of unbranched alkanes of at least 4 members (excludes halogenated alkanes) is 1. The lowest BCUT2D eigenvalue weighted by molar-refractivity contribution is 0.102. The zero-order chi connectivity index (χ0) is 16.2. The molecule has 0 aliphatic carbocycles. The van der Waals surface area contributed by atoms with Crippen molar-refractivity contribution in [1.29, 1.82) is 0 Å². The van der Waals surface area contributed by atoms with E-state index in [2.05, 4.69) is 34.3 Å². The Bertz CT molecular complexity index is 824. The van der Waals surface area contributed by atoms with Crippen LogP contribution in [-0.2, 0) is 13.0 Å². The van der Waals surface area contributed by atoms with Crippen molar-refractivity contribution in [3.05, 3.63) is 39.8 Å². The van der Waals surface area contributed by atoms with Gasteiger partial charge < -0.3 is 5.73 Å². The number of aromatic nitrogens is 2. The van der Waals surface area contributed by atoms with E-state index >= 15 is 0 Å². The van der Waals surface area contributed by atoms with E-state index in [1.165, 1.54) is 41.1 Å². The van der Waals surface area contributed by atoms with Crippen LogP contribution in [0, 0.1) is 0 Å². The number of anilines is 1. The summed E-state index contributed by atoms with van der Waals surface area (Å²) in [5, 5.41) is 5.88. The zero-order valence-electron chi connectivity index (χ0n) is 12.8. The molecular formula is C16H18N4OS2. The fourth-order valence-corrected chi connectivity index (χ4v) is 3.81. The fraction of sp³-hybridized carbons (Fsp3) is 0.312. The maximum absolute atomic E-state index is 12.2. The number of rotatable bonds is 6. The van der Waals surface area contributed by atoms with Crippen LogP contribution < -0.4 is 11.1 Å². The Morgan fingerprint density at radius 2 is 2.22 bits per heavy atom. The van der Waals surface area contributed by atoms with Gasteiger partial charge in [-0.15, -0.1) is 11.3 Å². The molecule has 0 unspecified atom stereocenters. The first kappa shape index (κ1) is 16.0. The molecule has 0 spiro atoms. The molecule has 3 aromatic rings. The largest absolute Gasteiger partial charge is 0.325 e. The molecule has 0 atom stereocenters. The normalized spacial score (nSPS) is 11.0. The quantitative estimate of drug-likeness (QED) is 0.711. The number of hydrogen-bond acceptors (Lipinski definition) is 6. The van der Waals surface area contributed by atoms with Gasteiger partial charge in [0, 0.05) is 11.9 Å². The maximum Gasteiger partial charge on any atom is 0.276 e. The molecule has 0 saturated carbocycles. The van der Waals surface area contributed by atoms with E-state index in [-0.39, 0.29) is 5.91 Å². The van der Waals surface area contributed by atoms with E-state index in [0.717, 1.165) is 21.6 Å². The summed E-state index contributed by atoms with van der Waals surface area (Å²) in [6, 6.07) is 6.28. The third kappa shape index (κ3) is 3.74. The van der Waals surface area contributed by atoms with Gasteiger partial charge in [0.1, 0.15) is 10.7 Å². The molecule has 1 aromatic carbocycles. The van der Waals surface area contributed by atoms with Crippen LogP contribution in [0.5, 0.6) is 0 Å². The molecule has 0 aliphatic rings. The highest BCUT2D eigenvalue weighted by Crippen LogP contribution is 2.27. The summed E-state index contributed by atoms with van der Waals surface area (Å²) in [6.07, 6.45) is 3.44. The summed E-state index contributed by atoms with van der Waals surface area (Å²) in [5.74, 6) is -0.244. The highest BCUT2D eigenvalue weighted by Gasteiger charge is 2.13. The van der Waals surface area contributed by atoms with Crippen molar-refractivity contribution in [2.24, 2.45) is 5.73 Å². The van der Waals surface area contributed by atoms with Crippen molar-refractivity contribution in [2.75, 3.05) is 5.32 Å². The maximum atomic E-state index is 12.2. The van der Waals surface area contributed by atoms with Crippen LogP contribution in [0.25, 0.3) is 10.2 Å². The van der Waals surface area contributed by atoms with Crippen LogP contribution in [0.3, 0.4) is 0 Å². The molecule has 0 fully saturated rings. The average molecular weight is 346 g/mol. The number of amides is 1. The fourth-order valence-electron chi connectivity index (χ4n) is 2.23. The molecule has 2 heterocycles. The minimum Gasteiger partial charge on any atom is -0.325 e. The molecule has 23 heavy (non-hydrogen) atoms. The predicted octanol–water partition coefficient (Wildman–Crippen LogP) is 3.81. The number of nitrogens with zero attached hydrogens (tertiary/aromatic N) is 2. The predicted molar refractivity (Wildman–Crippen MR) is 96.2 cm³/mol. The van der Waals surface area contributed by atoms with Crippen LogP contribution in [0.15, 0.2) is 23.6 Å². The summed E-state index contributed by atoms with van der Waals surface area (Å²) in [5.41, 5.74) is 8.13. The van der Waals surface area contributed by atoms with Gasteiger partial charge in [-0.25, -0.2) is 9.97 Å². The van der Waals surface area contributed by atoms with Crippen molar-refractivity contribution < 1.29 is 4.79 Å². The Balaban J connectivity index is 1.76. The number of hydrogen-bond donors (Lipinski definition) is 2. The van der Waals surface area contributed by atoms with E-state index in [1.807, 2.05) is 6.07 Å². The lowest BCUT2D eigenvalue weighted by atomic mass is 10.1. The molecule has 0 bridgehead atoms. The number of nitrogens with two attached hydrogens (primary N) is 1. The minimum absolute atomic E-state index is 0.244. The highest BCUT2D eigenvalue weighted by atomic mass is 32.1. The number of fused-ring (bicyclic) bond motifs is 1. The molecule has 120 valence electrons. The van der Waals surface area contributed by atoms with Gasteiger partial charge in [-0.05, 0) is 30.5 Å². The van der Waals surface area contributed by atoms with Gasteiger partial charge in [0.15, 0.2) is 5.13 Å². The highest BCUT2D eigenvalue weighted by molar-refractivity contribution is 7.22. The van der Waals surface area contributed by atoms with E-state index in [1.54, 1.807) is 5.38 Å². The van der Waals surface area contributed by atoms with Crippen LogP contribution in [0.1, 0.15) is 40.8 Å². The second-order valence-corrected chi connectivity index (χ2v) is 7.18. The van der Waals surface area contributed by atoms with Crippen LogP contribution >= 0.6 is 22.7 Å². The summed E-state index contributed by atoms with van der Waals surface area (Å²) in [7, 11) is 0. The topological polar surface area (TPSA) is 80.9 Å². The van der Waals surface area contributed by atoms with Crippen LogP contribution in [0.4, 0.5) is 5.13 Å². The zero-order valence-corrected chi connectivity index (χ0v) is 14.5. The van der Waals surface area contributed by atoms with Gasteiger partial charge in [-0.3, -0.25) is 10.1 Å². The van der Waals surface area contributed by atoms with Crippen LogP contribution in [-0.4, -0.2) is 15.9 Å². The summed E-state index contributed by atoms with van der Waals surface area (Å²) in [6.45, 7) is 2.53. The first-order valence-electron chi connectivity index (χ1n) is 7.55. The molecule has 0 saturated heterocycles. The van der Waals surface area contributed by atoms with Crippen molar-refractivity contribution in [3.63, 3.8) is 0 Å². The van der Waals surface area contributed by atoms with Gasteiger partial charge in [0.2, 0.25) is 0 Å². The molecule has 1 amide bonds. The van der Waals surface area contributed by atoms with Gasteiger partial charge in [-0.1, -0.05) is 30.7 Å². The Morgan fingerprint density at radius 3 is 2.96 bits per heavy atom. The summed E-state index contributed by atoms with van der Waals surface area (Å²) in [4.78, 5) is 20.8. The van der Waals surface area contributed by atoms with Gasteiger partial charge in [0.05, 0.1) is 10.2 Å². The van der Waals surface area contributed by atoms with E-state index in [0.29, 0.717) is 17.4 Å². The van der Waals surface area contributed by atoms with Crippen molar-refractivity contribution in [2.45, 2.75) is 32.7 Å². The molecule has 7 heteroatoms.